The van der Waals surface area contributed by atoms with Crippen molar-refractivity contribution in [3.8, 4) is 5.75 Å². The number of ether oxygens (including phenoxy) is 1. The summed E-state index contributed by atoms with van der Waals surface area (Å²) in [4.78, 5) is 30.1. The molecule has 1 aromatic heterocycles. The molecule has 0 aliphatic carbocycles. The molecule has 1 aromatic carbocycles. The molecule has 29 heavy (non-hydrogen) atoms. The molecule has 0 atom stereocenters. The molecule has 1 saturated heterocycles. The van der Waals surface area contributed by atoms with E-state index in [1.165, 1.54) is 17.4 Å². The Morgan fingerprint density at radius 3 is 2.83 bits per heavy atom. The zero-order valence-electron chi connectivity index (χ0n) is 15.7. The molecular weight excluding hydrogens is 407 g/mol. The Labute approximate surface area is 169 Å². The van der Waals surface area contributed by atoms with E-state index in [9.17, 15) is 22.8 Å². The molecule has 2 amide bonds. The van der Waals surface area contributed by atoms with Gasteiger partial charge in [-0.1, -0.05) is 6.92 Å². The molecule has 1 N–H and O–H groups in total. The highest BCUT2D eigenvalue weighted by Crippen LogP contribution is 2.35. The number of halogens is 3. The second-order valence-electron chi connectivity index (χ2n) is 6.55. The van der Waals surface area contributed by atoms with Crippen molar-refractivity contribution < 1.29 is 27.5 Å². The maximum Gasteiger partial charge on any atom is 0.416 e. The first-order valence-electron chi connectivity index (χ1n) is 9.16. The third kappa shape index (κ3) is 5.26. The van der Waals surface area contributed by atoms with Crippen LogP contribution >= 0.6 is 11.3 Å². The minimum atomic E-state index is -4.53. The van der Waals surface area contributed by atoms with Gasteiger partial charge in [-0.05, 0) is 31.0 Å². The minimum absolute atomic E-state index is 0.00275. The van der Waals surface area contributed by atoms with E-state index in [2.05, 4.69) is 10.3 Å². The van der Waals surface area contributed by atoms with Crippen LogP contribution in [0.3, 0.4) is 0 Å². The second kappa shape index (κ2) is 8.81. The van der Waals surface area contributed by atoms with Gasteiger partial charge in [0.1, 0.15) is 5.75 Å². The Morgan fingerprint density at radius 2 is 2.17 bits per heavy atom. The first kappa shape index (κ1) is 21.1. The quantitative estimate of drug-likeness (QED) is 0.717. The largest absolute Gasteiger partial charge is 0.491 e. The molecule has 1 aliphatic rings. The molecule has 2 heterocycles. The number of carbonyl (C=O) groups excluding carboxylic acids is 2. The lowest BCUT2D eigenvalue weighted by atomic mass is 10.1. The van der Waals surface area contributed by atoms with Crippen LogP contribution in [-0.2, 0) is 22.2 Å². The van der Waals surface area contributed by atoms with Crippen LogP contribution in [0.4, 0.5) is 24.0 Å². The van der Waals surface area contributed by atoms with E-state index in [4.69, 9.17) is 4.74 Å². The van der Waals surface area contributed by atoms with Crippen molar-refractivity contribution in [2.45, 2.75) is 38.8 Å². The maximum absolute atomic E-state index is 13.0. The number of hydrogen-bond donors (Lipinski definition) is 1. The Balaban J connectivity index is 1.72. The van der Waals surface area contributed by atoms with Gasteiger partial charge in [-0.3, -0.25) is 14.5 Å². The van der Waals surface area contributed by atoms with E-state index < -0.39 is 17.6 Å². The molecular formula is C19H20F3N3O3S. The fourth-order valence-electron chi connectivity index (χ4n) is 2.85. The van der Waals surface area contributed by atoms with Gasteiger partial charge in [-0.15, -0.1) is 11.3 Å². The van der Waals surface area contributed by atoms with Crippen LogP contribution in [0.5, 0.6) is 5.75 Å². The maximum atomic E-state index is 13.0. The Bertz CT molecular complexity index is 898. The number of nitrogens with one attached hydrogen (secondary N) is 1. The summed E-state index contributed by atoms with van der Waals surface area (Å²) in [5, 5.41) is 4.68. The number of rotatable bonds is 7. The Hall–Kier alpha value is -2.62. The number of alkyl halides is 3. The Morgan fingerprint density at radius 1 is 1.38 bits per heavy atom. The summed E-state index contributed by atoms with van der Waals surface area (Å²) in [6.07, 6.45) is -2.74. The van der Waals surface area contributed by atoms with E-state index in [-0.39, 0.29) is 23.8 Å². The molecule has 0 saturated carbocycles. The van der Waals surface area contributed by atoms with Crippen LogP contribution in [-0.4, -0.2) is 29.9 Å². The van der Waals surface area contributed by atoms with Crippen LogP contribution in [0.25, 0.3) is 0 Å². The molecule has 1 aliphatic heterocycles. The SMILES string of the molecule is CCCOc1ccc(C(F)(F)F)cc1NC(=O)Cc1csc(N2CCCC2=O)n1. The van der Waals surface area contributed by atoms with E-state index >= 15 is 0 Å². The van der Waals surface area contributed by atoms with Crippen LogP contribution in [0.15, 0.2) is 23.6 Å². The monoisotopic (exact) mass is 427 g/mol. The predicted octanol–water partition coefficient (Wildman–Crippen LogP) is 4.26. The van der Waals surface area contributed by atoms with Crippen LogP contribution in [0.2, 0.25) is 0 Å². The number of hydrogen-bond acceptors (Lipinski definition) is 5. The zero-order chi connectivity index (χ0) is 21.0. The highest BCUT2D eigenvalue weighted by Gasteiger charge is 2.31. The van der Waals surface area contributed by atoms with Gasteiger partial charge < -0.3 is 10.1 Å². The summed E-state index contributed by atoms with van der Waals surface area (Å²) >= 11 is 1.26. The molecule has 2 aromatic rings. The van der Waals surface area contributed by atoms with Gasteiger partial charge in [-0.25, -0.2) is 4.98 Å². The van der Waals surface area contributed by atoms with Gasteiger partial charge in [-0.2, -0.15) is 13.2 Å². The van der Waals surface area contributed by atoms with Crippen molar-refractivity contribution in [2.24, 2.45) is 0 Å². The lowest BCUT2D eigenvalue weighted by Gasteiger charge is -2.15. The van der Waals surface area contributed by atoms with Crippen LogP contribution in [0, 0.1) is 0 Å². The molecule has 0 unspecified atom stereocenters. The van der Waals surface area contributed by atoms with Crippen molar-refractivity contribution in [2.75, 3.05) is 23.4 Å². The molecule has 6 nitrogen and oxygen atoms in total. The Kier molecular flexibility index (Phi) is 6.41. The topological polar surface area (TPSA) is 71.5 Å². The molecule has 3 rings (SSSR count). The fraction of sp³-hybridized carbons (Fsp3) is 0.421. The summed E-state index contributed by atoms with van der Waals surface area (Å²) in [6.45, 7) is 2.78. The molecule has 0 spiro atoms. The van der Waals surface area contributed by atoms with Gasteiger partial charge in [0.15, 0.2) is 5.13 Å². The van der Waals surface area contributed by atoms with Gasteiger partial charge in [0, 0.05) is 18.3 Å². The molecule has 0 bridgehead atoms. The summed E-state index contributed by atoms with van der Waals surface area (Å²) in [7, 11) is 0. The lowest BCUT2D eigenvalue weighted by Crippen LogP contribution is -2.23. The number of aromatic nitrogens is 1. The number of carbonyl (C=O) groups is 2. The van der Waals surface area contributed by atoms with Gasteiger partial charge >= 0.3 is 6.18 Å². The number of amides is 2. The van der Waals surface area contributed by atoms with E-state index in [0.29, 0.717) is 36.8 Å². The van der Waals surface area contributed by atoms with Crippen LogP contribution < -0.4 is 15.0 Å². The number of anilines is 2. The summed E-state index contributed by atoms with van der Waals surface area (Å²) < 4.78 is 44.5. The van der Waals surface area contributed by atoms with Crippen molar-refractivity contribution in [1.82, 2.24) is 4.98 Å². The molecule has 0 radical (unpaired) electrons. The third-order valence-corrected chi connectivity index (χ3v) is 5.14. The molecule has 10 heteroatoms. The number of nitrogens with zero attached hydrogens (tertiary/aromatic N) is 2. The average molecular weight is 427 g/mol. The fourth-order valence-corrected chi connectivity index (χ4v) is 3.72. The molecule has 156 valence electrons. The highest BCUT2D eigenvalue weighted by molar-refractivity contribution is 7.14. The molecule has 1 fully saturated rings. The normalized spacial score (nSPS) is 14.3. The third-order valence-electron chi connectivity index (χ3n) is 4.23. The first-order chi connectivity index (χ1) is 13.8. The van der Waals surface area contributed by atoms with Gasteiger partial charge in [0.2, 0.25) is 11.8 Å². The van der Waals surface area contributed by atoms with Gasteiger partial charge in [0.05, 0.1) is 30.0 Å². The van der Waals surface area contributed by atoms with Crippen molar-refractivity contribution >= 4 is 34.0 Å². The highest BCUT2D eigenvalue weighted by atomic mass is 32.1. The minimum Gasteiger partial charge on any atom is -0.491 e. The van der Waals surface area contributed by atoms with E-state index in [0.717, 1.165) is 18.6 Å². The van der Waals surface area contributed by atoms with E-state index in [1.54, 1.807) is 10.3 Å². The zero-order valence-corrected chi connectivity index (χ0v) is 16.5. The van der Waals surface area contributed by atoms with Crippen molar-refractivity contribution in [3.05, 3.63) is 34.8 Å². The summed E-state index contributed by atoms with van der Waals surface area (Å²) in [6, 6.07) is 2.98. The lowest BCUT2D eigenvalue weighted by molar-refractivity contribution is -0.137. The van der Waals surface area contributed by atoms with Crippen molar-refractivity contribution in [1.29, 1.82) is 0 Å². The smallest absolute Gasteiger partial charge is 0.416 e. The second-order valence-corrected chi connectivity index (χ2v) is 7.39. The standard InChI is InChI=1S/C19H20F3N3O3S/c1-2-8-28-15-6-5-12(19(20,21)22)9-14(15)24-16(26)10-13-11-29-18(23-13)25-7-3-4-17(25)27/h5-6,9,11H,2-4,7-8,10H2,1H3,(H,24,26). The summed E-state index contributed by atoms with van der Waals surface area (Å²) in [5.41, 5.74) is -0.464. The predicted molar refractivity (Wildman–Crippen MR) is 103 cm³/mol. The number of benzene rings is 1. The van der Waals surface area contributed by atoms with E-state index in [1.807, 2.05) is 6.92 Å². The first-order valence-corrected chi connectivity index (χ1v) is 10.0. The number of thiazole rings is 1. The van der Waals surface area contributed by atoms with Gasteiger partial charge in [0.25, 0.3) is 0 Å². The average Bonchev–Trinajstić information content (AvgIpc) is 3.28. The van der Waals surface area contributed by atoms with Crippen molar-refractivity contribution in [3.63, 3.8) is 0 Å². The summed E-state index contributed by atoms with van der Waals surface area (Å²) in [5.74, 6) is -0.345. The van der Waals surface area contributed by atoms with Crippen LogP contribution in [0.1, 0.15) is 37.4 Å².